The van der Waals surface area contributed by atoms with E-state index < -0.39 is 0 Å². The summed E-state index contributed by atoms with van der Waals surface area (Å²) < 4.78 is 13.3. The third-order valence-electron chi connectivity index (χ3n) is 4.97. The zero-order valence-electron chi connectivity index (χ0n) is 14.9. The number of nitrogens with zero attached hydrogens (tertiary/aromatic N) is 2. The van der Waals surface area contributed by atoms with Crippen LogP contribution in [0.5, 0.6) is 11.5 Å². The molecule has 0 saturated carbocycles. The number of aryl methyl sites for hydroxylation is 1. The lowest BCUT2D eigenvalue weighted by Gasteiger charge is -2.14. The van der Waals surface area contributed by atoms with Crippen molar-refractivity contribution in [3.8, 4) is 11.5 Å². The van der Waals surface area contributed by atoms with Gasteiger partial charge in [0.2, 0.25) is 0 Å². The normalized spacial score (nSPS) is 15.3. The van der Waals surface area contributed by atoms with Gasteiger partial charge in [0.1, 0.15) is 0 Å². The second-order valence-electron chi connectivity index (χ2n) is 6.51. The Bertz CT molecular complexity index is 675. The molecule has 2 N–H and O–H groups in total. The molecule has 132 valence electrons. The molecule has 24 heavy (non-hydrogen) atoms. The lowest BCUT2D eigenvalue weighted by molar-refractivity contribution is 0.343. The van der Waals surface area contributed by atoms with Gasteiger partial charge in [-0.1, -0.05) is 0 Å². The van der Waals surface area contributed by atoms with Crippen molar-refractivity contribution in [2.45, 2.75) is 32.2 Å². The predicted octanol–water partition coefficient (Wildman–Crippen LogP) is 2.65. The van der Waals surface area contributed by atoms with Gasteiger partial charge in [-0.25, -0.2) is 0 Å². The van der Waals surface area contributed by atoms with E-state index in [0.717, 1.165) is 37.4 Å². The maximum atomic E-state index is 5.71. The number of nitrogens with two attached hydrogens (primary N) is 1. The molecule has 2 aromatic rings. The van der Waals surface area contributed by atoms with Crippen LogP contribution in [0.1, 0.15) is 24.8 Å². The van der Waals surface area contributed by atoms with Crippen molar-refractivity contribution in [2.24, 2.45) is 5.73 Å². The largest absolute Gasteiger partial charge is 0.493 e. The van der Waals surface area contributed by atoms with Gasteiger partial charge in [-0.2, -0.15) is 0 Å². The van der Waals surface area contributed by atoms with Crippen molar-refractivity contribution < 1.29 is 9.47 Å². The van der Waals surface area contributed by atoms with E-state index >= 15 is 0 Å². The third-order valence-corrected chi connectivity index (χ3v) is 4.97. The van der Waals surface area contributed by atoms with Crippen molar-refractivity contribution in [1.82, 2.24) is 9.47 Å². The molecule has 2 heterocycles. The Labute approximate surface area is 144 Å². The fraction of sp³-hybridized carbons (Fsp3) is 0.579. The van der Waals surface area contributed by atoms with E-state index in [2.05, 4.69) is 27.8 Å². The lowest BCUT2D eigenvalue weighted by atomic mass is 10.1. The maximum Gasteiger partial charge on any atom is 0.162 e. The minimum Gasteiger partial charge on any atom is -0.493 e. The van der Waals surface area contributed by atoms with Crippen LogP contribution < -0.4 is 15.2 Å². The molecule has 0 atom stereocenters. The molecule has 0 unspecified atom stereocenters. The second-order valence-corrected chi connectivity index (χ2v) is 6.51. The quantitative estimate of drug-likeness (QED) is 0.808. The van der Waals surface area contributed by atoms with Crippen molar-refractivity contribution in [3.63, 3.8) is 0 Å². The highest BCUT2D eigenvalue weighted by molar-refractivity contribution is 5.87. The highest BCUT2D eigenvalue weighted by Gasteiger charge is 2.16. The van der Waals surface area contributed by atoms with Crippen LogP contribution in [0.25, 0.3) is 10.9 Å². The Balaban J connectivity index is 1.93. The summed E-state index contributed by atoms with van der Waals surface area (Å²) >= 11 is 0. The van der Waals surface area contributed by atoms with Gasteiger partial charge in [0, 0.05) is 30.7 Å². The van der Waals surface area contributed by atoms with E-state index in [9.17, 15) is 0 Å². The highest BCUT2D eigenvalue weighted by Crippen LogP contribution is 2.35. The number of methoxy groups -OCH3 is 2. The number of hydrogen-bond acceptors (Lipinski definition) is 4. The summed E-state index contributed by atoms with van der Waals surface area (Å²) in [5.41, 5.74) is 8.30. The number of benzene rings is 1. The Kier molecular flexibility index (Phi) is 5.63. The Morgan fingerprint density at radius 1 is 1.04 bits per heavy atom. The van der Waals surface area contributed by atoms with E-state index in [4.69, 9.17) is 15.2 Å². The monoisotopic (exact) mass is 331 g/mol. The smallest absolute Gasteiger partial charge is 0.162 e. The van der Waals surface area contributed by atoms with Crippen molar-refractivity contribution >= 4 is 10.9 Å². The summed E-state index contributed by atoms with van der Waals surface area (Å²) in [6.45, 7) is 5.25. The third kappa shape index (κ3) is 3.52. The van der Waals surface area contributed by atoms with Gasteiger partial charge in [-0.3, -0.25) is 0 Å². The molecule has 1 saturated heterocycles. The molecule has 1 aromatic carbocycles. The van der Waals surface area contributed by atoms with Crippen LogP contribution >= 0.6 is 0 Å². The molecule has 5 heteroatoms. The average Bonchev–Trinajstić information content (AvgIpc) is 3.24. The van der Waals surface area contributed by atoms with Crippen LogP contribution in [-0.2, 0) is 13.0 Å². The number of hydrogen-bond donors (Lipinski definition) is 1. The zero-order valence-corrected chi connectivity index (χ0v) is 14.9. The first-order valence-corrected chi connectivity index (χ1v) is 8.93. The molecule has 0 amide bonds. The van der Waals surface area contributed by atoms with E-state index in [1.165, 1.54) is 42.4 Å². The molecule has 0 radical (unpaired) electrons. The summed E-state index contributed by atoms with van der Waals surface area (Å²) in [6, 6.07) is 4.20. The van der Waals surface area contributed by atoms with Crippen LogP contribution in [0.15, 0.2) is 18.3 Å². The zero-order chi connectivity index (χ0) is 16.9. The lowest BCUT2D eigenvalue weighted by Crippen LogP contribution is -2.21. The van der Waals surface area contributed by atoms with Crippen molar-refractivity contribution in [1.29, 1.82) is 0 Å². The minimum atomic E-state index is 0.704. The number of rotatable bonds is 8. The summed E-state index contributed by atoms with van der Waals surface area (Å²) in [4.78, 5) is 2.56. The predicted molar refractivity (Wildman–Crippen MR) is 98.1 cm³/mol. The molecule has 3 rings (SSSR count). The highest BCUT2D eigenvalue weighted by atomic mass is 16.5. The standard InChI is InChI=1S/C19H29N3O2/c1-23-18-12-16-15(6-11-21-8-3-4-9-21)14-22(10-5-7-20)17(16)13-19(18)24-2/h12-14H,3-11,20H2,1-2H3. The van der Waals surface area contributed by atoms with Crippen LogP contribution in [0.2, 0.25) is 0 Å². The first-order valence-electron chi connectivity index (χ1n) is 8.93. The minimum absolute atomic E-state index is 0.704. The summed E-state index contributed by atoms with van der Waals surface area (Å²) in [6.07, 6.45) is 7.01. The van der Waals surface area contributed by atoms with Gasteiger partial charge < -0.3 is 24.7 Å². The molecule has 1 aromatic heterocycles. The van der Waals surface area contributed by atoms with Crippen LogP contribution in [-0.4, -0.2) is 49.9 Å². The fourth-order valence-electron chi connectivity index (χ4n) is 3.62. The van der Waals surface area contributed by atoms with Gasteiger partial charge in [0.25, 0.3) is 0 Å². The van der Waals surface area contributed by atoms with Gasteiger partial charge >= 0.3 is 0 Å². The average molecular weight is 331 g/mol. The summed E-state index contributed by atoms with van der Waals surface area (Å²) in [5, 5.41) is 1.27. The van der Waals surface area contributed by atoms with E-state index in [-0.39, 0.29) is 0 Å². The Morgan fingerprint density at radius 3 is 2.42 bits per heavy atom. The SMILES string of the molecule is COc1cc2c(CCN3CCCC3)cn(CCCN)c2cc1OC. The van der Waals surface area contributed by atoms with Gasteiger partial charge in [-0.05, 0) is 56.9 Å². The Hall–Kier alpha value is -1.72. The number of ether oxygens (including phenoxy) is 2. The number of likely N-dealkylation sites (tertiary alicyclic amines) is 1. The molecule has 1 fully saturated rings. The summed E-state index contributed by atoms with van der Waals surface area (Å²) in [5.74, 6) is 1.58. The van der Waals surface area contributed by atoms with Crippen LogP contribution in [0, 0.1) is 0 Å². The second kappa shape index (κ2) is 7.90. The Morgan fingerprint density at radius 2 is 1.75 bits per heavy atom. The molecule has 0 bridgehead atoms. The molecule has 0 aliphatic carbocycles. The van der Waals surface area contributed by atoms with E-state index in [0.29, 0.717) is 6.54 Å². The molecule has 0 spiro atoms. The van der Waals surface area contributed by atoms with Gasteiger partial charge in [0.05, 0.1) is 19.7 Å². The van der Waals surface area contributed by atoms with Crippen LogP contribution in [0.3, 0.4) is 0 Å². The molecular formula is C19H29N3O2. The van der Waals surface area contributed by atoms with Crippen LogP contribution in [0.4, 0.5) is 0 Å². The fourth-order valence-corrected chi connectivity index (χ4v) is 3.62. The van der Waals surface area contributed by atoms with E-state index in [1.54, 1.807) is 14.2 Å². The van der Waals surface area contributed by atoms with Gasteiger partial charge in [-0.15, -0.1) is 0 Å². The van der Waals surface area contributed by atoms with Crippen molar-refractivity contribution in [2.75, 3.05) is 40.4 Å². The molecular weight excluding hydrogens is 302 g/mol. The first-order chi connectivity index (χ1) is 11.8. The molecule has 5 nitrogen and oxygen atoms in total. The van der Waals surface area contributed by atoms with Crippen molar-refractivity contribution in [3.05, 3.63) is 23.9 Å². The topological polar surface area (TPSA) is 52.7 Å². The molecule has 1 aliphatic heterocycles. The first kappa shape index (κ1) is 17.1. The maximum absolute atomic E-state index is 5.71. The molecule has 1 aliphatic rings. The van der Waals surface area contributed by atoms with E-state index in [1.807, 2.05) is 0 Å². The summed E-state index contributed by atoms with van der Waals surface area (Å²) in [7, 11) is 3.38. The number of aromatic nitrogens is 1. The number of fused-ring (bicyclic) bond motifs is 1. The van der Waals surface area contributed by atoms with Gasteiger partial charge in [0.15, 0.2) is 11.5 Å².